The molecule has 0 aliphatic carbocycles. The van der Waals surface area contributed by atoms with Crippen molar-refractivity contribution in [2.75, 3.05) is 5.32 Å². The van der Waals surface area contributed by atoms with Gasteiger partial charge in [0.05, 0.1) is 6.20 Å². The van der Waals surface area contributed by atoms with E-state index in [-0.39, 0.29) is 12.5 Å². The first kappa shape index (κ1) is 13.3. The van der Waals surface area contributed by atoms with Gasteiger partial charge in [-0.1, -0.05) is 12.1 Å². The third-order valence-corrected chi connectivity index (χ3v) is 3.19. The number of anilines is 1. The standard InChI is InChI=1S/C14H16N6O/c1-3-19-14(10(2)8-15-19)16-13(21)9-20-17-11-6-4-5-7-12(11)18-20/h4-8H,3,9H2,1-2H3,(H,16,21). The van der Waals surface area contributed by atoms with Gasteiger partial charge in [0.2, 0.25) is 5.91 Å². The molecule has 0 saturated heterocycles. The van der Waals surface area contributed by atoms with Crippen molar-refractivity contribution in [1.82, 2.24) is 24.8 Å². The van der Waals surface area contributed by atoms with Crippen LogP contribution < -0.4 is 5.32 Å². The Hall–Kier alpha value is -2.70. The molecule has 3 aromatic rings. The Bertz CT molecular complexity index is 755. The van der Waals surface area contributed by atoms with Gasteiger partial charge in [-0.25, -0.2) is 4.68 Å². The molecule has 0 aliphatic heterocycles. The molecule has 0 bridgehead atoms. The lowest BCUT2D eigenvalue weighted by Crippen LogP contribution is -2.22. The number of benzene rings is 1. The maximum absolute atomic E-state index is 12.1. The Morgan fingerprint density at radius 2 is 1.90 bits per heavy atom. The molecule has 0 saturated carbocycles. The summed E-state index contributed by atoms with van der Waals surface area (Å²) in [6.45, 7) is 4.66. The number of carbonyl (C=O) groups excluding carboxylic acids is 1. The molecule has 0 unspecified atom stereocenters. The van der Waals surface area contributed by atoms with Gasteiger partial charge in [0, 0.05) is 12.1 Å². The smallest absolute Gasteiger partial charge is 0.249 e. The topological polar surface area (TPSA) is 77.6 Å². The van der Waals surface area contributed by atoms with Gasteiger partial charge in [0.15, 0.2) is 0 Å². The second-order valence-corrected chi connectivity index (χ2v) is 4.76. The van der Waals surface area contributed by atoms with E-state index < -0.39 is 0 Å². The van der Waals surface area contributed by atoms with Gasteiger partial charge in [0.1, 0.15) is 23.4 Å². The van der Waals surface area contributed by atoms with Crippen LogP contribution in [0, 0.1) is 6.92 Å². The average molecular weight is 284 g/mol. The highest BCUT2D eigenvalue weighted by Gasteiger charge is 2.12. The van der Waals surface area contributed by atoms with Crippen molar-refractivity contribution in [3.63, 3.8) is 0 Å². The van der Waals surface area contributed by atoms with Crippen LogP contribution in [0.2, 0.25) is 0 Å². The van der Waals surface area contributed by atoms with E-state index in [2.05, 4.69) is 20.6 Å². The monoisotopic (exact) mass is 284 g/mol. The van der Waals surface area contributed by atoms with E-state index in [1.54, 1.807) is 10.9 Å². The quantitative estimate of drug-likeness (QED) is 0.789. The molecule has 21 heavy (non-hydrogen) atoms. The second kappa shape index (κ2) is 5.35. The van der Waals surface area contributed by atoms with Crippen LogP contribution in [-0.2, 0) is 17.9 Å². The first-order valence-electron chi connectivity index (χ1n) is 6.79. The molecule has 0 radical (unpaired) electrons. The van der Waals surface area contributed by atoms with E-state index in [1.165, 1.54) is 4.80 Å². The summed E-state index contributed by atoms with van der Waals surface area (Å²) in [5, 5.41) is 15.6. The number of nitrogens with zero attached hydrogens (tertiary/aromatic N) is 5. The highest BCUT2D eigenvalue weighted by atomic mass is 16.2. The normalized spacial score (nSPS) is 11.0. The number of aromatic nitrogens is 5. The van der Waals surface area contributed by atoms with Crippen LogP contribution in [-0.4, -0.2) is 30.7 Å². The molecular weight excluding hydrogens is 268 g/mol. The lowest BCUT2D eigenvalue weighted by atomic mass is 10.3. The van der Waals surface area contributed by atoms with E-state index in [0.29, 0.717) is 6.54 Å². The Kier molecular flexibility index (Phi) is 3.39. The first-order valence-corrected chi connectivity index (χ1v) is 6.79. The van der Waals surface area contributed by atoms with E-state index in [4.69, 9.17) is 0 Å². The van der Waals surface area contributed by atoms with Crippen LogP contribution in [0.1, 0.15) is 12.5 Å². The van der Waals surface area contributed by atoms with E-state index in [9.17, 15) is 4.79 Å². The maximum Gasteiger partial charge on any atom is 0.249 e. The zero-order valence-electron chi connectivity index (χ0n) is 11.9. The second-order valence-electron chi connectivity index (χ2n) is 4.76. The molecule has 1 aromatic carbocycles. The molecule has 1 amide bonds. The van der Waals surface area contributed by atoms with Crippen LogP contribution in [0.3, 0.4) is 0 Å². The van der Waals surface area contributed by atoms with Gasteiger partial charge in [-0.2, -0.15) is 20.1 Å². The minimum atomic E-state index is -0.173. The molecule has 0 atom stereocenters. The van der Waals surface area contributed by atoms with Crippen molar-refractivity contribution in [1.29, 1.82) is 0 Å². The average Bonchev–Trinajstić information content (AvgIpc) is 3.02. The Morgan fingerprint density at radius 1 is 1.24 bits per heavy atom. The van der Waals surface area contributed by atoms with E-state index in [1.807, 2.05) is 38.1 Å². The first-order chi connectivity index (χ1) is 10.2. The highest BCUT2D eigenvalue weighted by Crippen LogP contribution is 2.13. The highest BCUT2D eigenvalue weighted by molar-refractivity contribution is 5.90. The number of hydrogen-bond donors (Lipinski definition) is 1. The minimum absolute atomic E-state index is 0.0724. The van der Waals surface area contributed by atoms with Gasteiger partial charge >= 0.3 is 0 Å². The number of nitrogens with one attached hydrogen (secondary N) is 1. The van der Waals surface area contributed by atoms with Crippen molar-refractivity contribution in [3.8, 4) is 0 Å². The molecule has 1 N–H and O–H groups in total. The third-order valence-electron chi connectivity index (χ3n) is 3.19. The van der Waals surface area contributed by atoms with Crippen LogP contribution in [0.4, 0.5) is 5.82 Å². The van der Waals surface area contributed by atoms with Crippen molar-refractivity contribution >= 4 is 22.8 Å². The summed E-state index contributed by atoms with van der Waals surface area (Å²) in [4.78, 5) is 13.5. The number of aryl methyl sites for hydroxylation is 2. The molecule has 0 aliphatic rings. The predicted octanol–water partition coefficient (Wildman–Crippen LogP) is 1.59. The molecule has 3 rings (SSSR count). The van der Waals surface area contributed by atoms with Crippen molar-refractivity contribution in [2.24, 2.45) is 0 Å². The molecule has 7 nitrogen and oxygen atoms in total. The maximum atomic E-state index is 12.1. The van der Waals surface area contributed by atoms with Crippen molar-refractivity contribution in [2.45, 2.75) is 26.9 Å². The lowest BCUT2D eigenvalue weighted by Gasteiger charge is -2.08. The number of rotatable bonds is 4. The zero-order valence-corrected chi connectivity index (χ0v) is 11.9. The van der Waals surface area contributed by atoms with Gasteiger partial charge in [-0.15, -0.1) is 0 Å². The number of hydrogen-bond acceptors (Lipinski definition) is 4. The van der Waals surface area contributed by atoms with Gasteiger partial charge < -0.3 is 5.32 Å². The van der Waals surface area contributed by atoms with Crippen molar-refractivity contribution in [3.05, 3.63) is 36.0 Å². The summed E-state index contributed by atoms with van der Waals surface area (Å²) in [7, 11) is 0. The summed E-state index contributed by atoms with van der Waals surface area (Å²) in [6, 6.07) is 7.52. The van der Waals surface area contributed by atoms with Crippen LogP contribution in [0.15, 0.2) is 30.5 Å². The molecule has 7 heteroatoms. The fourth-order valence-corrected chi connectivity index (χ4v) is 2.16. The predicted molar refractivity (Wildman–Crippen MR) is 78.8 cm³/mol. The fraction of sp³-hybridized carbons (Fsp3) is 0.286. The number of amides is 1. The molecule has 0 spiro atoms. The number of carbonyl (C=O) groups is 1. The van der Waals surface area contributed by atoms with E-state index in [0.717, 1.165) is 22.4 Å². The summed E-state index contributed by atoms with van der Waals surface area (Å²) in [5.41, 5.74) is 2.49. The summed E-state index contributed by atoms with van der Waals surface area (Å²) in [6.07, 6.45) is 1.74. The zero-order chi connectivity index (χ0) is 14.8. The molecule has 108 valence electrons. The number of fused-ring (bicyclic) bond motifs is 1. The third kappa shape index (κ3) is 2.62. The van der Waals surface area contributed by atoms with Crippen molar-refractivity contribution < 1.29 is 4.79 Å². The Morgan fingerprint density at radius 3 is 2.52 bits per heavy atom. The summed E-state index contributed by atoms with van der Waals surface area (Å²) in [5.74, 6) is 0.549. The largest absolute Gasteiger partial charge is 0.309 e. The Balaban J connectivity index is 1.75. The van der Waals surface area contributed by atoms with Crippen LogP contribution in [0.25, 0.3) is 11.0 Å². The van der Waals surface area contributed by atoms with Crippen LogP contribution in [0.5, 0.6) is 0 Å². The summed E-state index contributed by atoms with van der Waals surface area (Å²) < 4.78 is 1.75. The molecule has 2 heterocycles. The molecular formula is C14H16N6O. The van der Waals surface area contributed by atoms with Crippen LogP contribution >= 0.6 is 0 Å². The summed E-state index contributed by atoms with van der Waals surface area (Å²) >= 11 is 0. The SMILES string of the molecule is CCn1ncc(C)c1NC(=O)Cn1nc2ccccc2n1. The molecule has 2 aromatic heterocycles. The minimum Gasteiger partial charge on any atom is -0.309 e. The Labute approximate surface area is 121 Å². The van der Waals surface area contributed by atoms with Gasteiger partial charge in [0.25, 0.3) is 0 Å². The van der Waals surface area contributed by atoms with E-state index >= 15 is 0 Å². The molecule has 0 fully saturated rings. The fourth-order valence-electron chi connectivity index (χ4n) is 2.16. The van der Waals surface area contributed by atoms with Gasteiger partial charge in [-0.05, 0) is 26.0 Å². The van der Waals surface area contributed by atoms with Gasteiger partial charge in [-0.3, -0.25) is 4.79 Å². The lowest BCUT2D eigenvalue weighted by molar-refractivity contribution is -0.117.